The molecule has 8 heteroatoms. The molecule has 0 saturated carbocycles. The maximum atomic E-state index is 12.6. The number of amides is 3. The normalized spacial score (nSPS) is 12.3. The Labute approximate surface area is 196 Å². The number of anilines is 2. The third kappa shape index (κ3) is 4.75. The van der Waals surface area contributed by atoms with Crippen molar-refractivity contribution < 1.29 is 19.1 Å². The van der Waals surface area contributed by atoms with Crippen molar-refractivity contribution in [3.8, 4) is 5.75 Å². The molecular weight excluding hydrogens is 438 g/mol. The minimum Gasteiger partial charge on any atom is -0.494 e. The highest BCUT2D eigenvalue weighted by atomic mass is 32.1. The molecule has 0 radical (unpaired) electrons. The summed E-state index contributed by atoms with van der Waals surface area (Å²) in [7, 11) is 0. The minimum absolute atomic E-state index is 0.119. The first-order valence-corrected chi connectivity index (χ1v) is 10.8. The number of hydrogen-bond acceptors (Lipinski definition) is 5. The summed E-state index contributed by atoms with van der Waals surface area (Å²) in [6.45, 7) is 2.58. The topological polar surface area (TPSA) is 87.7 Å². The van der Waals surface area contributed by atoms with Crippen molar-refractivity contribution in [1.82, 2.24) is 5.32 Å². The predicted octanol–water partition coefficient (Wildman–Crippen LogP) is 4.40. The van der Waals surface area contributed by atoms with Crippen molar-refractivity contribution in [3.63, 3.8) is 0 Å². The van der Waals surface area contributed by atoms with Gasteiger partial charge in [-0.25, -0.2) is 4.90 Å². The number of nitrogens with one attached hydrogen (secondary N) is 2. The van der Waals surface area contributed by atoms with Gasteiger partial charge in [0.15, 0.2) is 5.11 Å². The molecule has 0 fully saturated rings. The molecular formula is C25H21N3O4S. The summed E-state index contributed by atoms with van der Waals surface area (Å²) in [4.78, 5) is 38.9. The molecule has 3 aromatic rings. The fourth-order valence-electron chi connectivity index (χ4n) is 3.40. The summed E-state index contributed by atoms with van der Waals surface area (Å²) in [5.74, 6) is -0.460. The Hall–Kier alpha value is -4.04. The maximum absolute atomic E-state index is 12.6. The Morgan fingerprint density at radius 2 is 1.61 bits per heavy atom. The fraction of sp³-hybridized carbons (Fsp3) is 0.120. The summed E-state index contributed by atoms with van der Waals surface area (Å²) >= 11 is 5.25. The second-order valence-electron chi connectivity index (χ2n) is 7.32. The van der Waals surface area contributed by atoms with Gasteiger partial charge in [0, 0.05) is 11.3 Å². The van der Waals surface area contributed by atoms with Gasteiger partial charge >= 0.3 is 0 Å². The van der Waals surface area contributed by atoms with Crippen LogP contribution in [0.1, 0.15) is 44.4 Å². The molecule has 0 unspecified atom stereocenters. The number of carbonyl (C=O) groups excluding carboxylic acids is 3. The number of hydrogen-bond donors (Lipinski definition) is 2. The van der Waals surface area contributed by atoms with Gasteiger partial charge in [-0.1, -0.05) is 25.1 Å². The van der Waals surface area contributed by atoms with Crippen molar-refractivity contribution in [2.24, 2.45) is 0 Å². The molecule has 4 rings (SSSR count). The zero-order valence-corrected chi connectivity index (χ0v) is 18.6. The van der Waals surface area contributed by atoms with Gasteiger partial charge in [0.25, 0.3) is 17.7 Å². The predicted molar refractivity (Wildman–Crippen MR) is 130 cm³/mol. The van der Waals surface area contributed by atoms with E-state index in [0.29, 0.717) is 40.4 Å². The van der Waals surface area contributed by atoms with E-state index in [1.807, 2.05) is 6.92 Å². The van der Waals surface area contributed by atoms with Gasteiger partial charge < -0.3 is 10.1 Å². The fourth-order valence-corrected chi connectivity index (χ4v) is 3.61. The van der Waals surface area contributed by atoms with Crippen LogP contribution < -0.4 is 20.3 Å². The van der Waals surface area contributed by atoms with Crippen molar-refractivity contribution >= 4 is 46.4 Å². The average Bonchev–Trinajstić information content (AvgIpc) is 3.08. The Morgan fingerprint density at radius 1 is 0.939 bits per heavy atom. The van der Waals surface area contributed by atoms with Gasteiger partial charge in [-0.15, -0.1) is 0 Å². The van der Waals surface area contributed by atoms with E-state index < -0.39 is 0 Å². The van der Waals surface area contributed by atoms with E-state index in [0.717, 1.165) is 11.3 Å². The highest BCUT2D eigenvalue weighted by molar-refractivity contribution is 7.80. The van der Waals surface area contributed by atoms with E-state index in [2.05, 4.69) is 10.6 Å². The first kappa shape index (κ1) is 22.2. The van der Waals surface area contributed by atoms with Gasteiger partial charge in [-0.3, -0.25) is 19.7 Å². The number of ether oxygens (including phenoxy) is 1. The number of carbonyl (C=O) groups is 3. The molecule has 0 atom stereocenters. The third-order valence-corrected chi connectivity index (χ3v) is 5.18. The lowest BCUT2D eigenvalue weighted by Crippen LogP contribution is -2.34. The third-order valence-electron chi connectivity index (χ3n) is 4.97. The van der Waals surface area contributed by atoms with Crippen LogP contribution in [0.2, 0.25) is 0 Å². The summed E-state index contributed by atoms with van der Waals surface area (Å²) in [5, 5.41) is 5.68. The molecule has 1 aliphatic rings. The number of fused-ring (bicyclic) bond motifs is 1. The van der Waals surface area contributed by atoms with Crippen LogP contribution in [0, 0.1) is 0 Å². The molecule has 0 aromatic heterocycles. The highest BCUT2D eigenvalue weighted by Crippen LogP contribution is 2.29. The minimum atomic E-state index is -0.364. The van der Waals surface area contributed by atoms with E-state index in [-0.39, 0.29) is 22.8 Å². The van der Waals surface area contributed by atoms with Crippen LogP contribution in [-0.2, 0) is 0 Å². The zero-order chi connectivity index (χ0) is 23.4. The smallest absolute Gasteiger partial charge is 0.266 e. The number of nitrogens with zero attached hydrogens (tertiary/aromatic N) is 1. The van der Waals surface area contributed by atoms with Crippen LogP contribution in [-0.4, -0.2) is 29.4 Å². The summed E-state index contributed by atoms with van der Waals surface area (Å²) in [6.07, 6.45) is 0.871. The van der Waals surface area contributed by atoms with Crippen LogP contribution in [0.3, 0.4) is 0 Å². The lowest BCUT2D eigenvalue weighted by atomic mass is 10.1. The van der Waals surface area contributed by atoms with Crippen LogP contribution in [0.15, 0.2) is 72.8 Å². The maximum Gasteiger partial charge on any atom is 0.266 e. The van der Waals surface area contributed by atoms with Crippen molar-refractivity contribution in [2.75, 3.05) is 16.8 Å². The molecule has 1 heterocycles. The van der Waals surface area contributed by atoms with Crippen molar-refractivity contribution in [1.29, 1.82) is 0 Å². The molecule has 166 valence electrons. The average molecular weight is 460 g/mol. The molecule has 3 amide bonds. The molecule has 0 aliphatic carbocycles. The van der Waals surface area contributed by atoms with Crippen molar-refractivity contribution in [2.45, 2.75) is 13.3 Å². The molecule has 0 bridgehead atoms. The highest BCUT2D eigenvalue weighted by Gasteiger charge is 2.36. The van der Waals surface area contributed by atoms with E-state index in [1.165, 1.54) is 0 Å². The van der Waals surface area contributed by atoms with E-state index in [9.17, 15) is 14.4 Å². The largest absolute Gasteiger partial charge is 0.494 e. The molecule has 7 nitrogen and oxygen atoms in total. The van der Waals surface area contributed by atoms with Crippen LogP contribution in [0.25, 0.3) is 0 Å². The standard InChI is InChI=1S/C25H21N3O4S/c1-2-14-32-19-7-5-6-16(15-19)22(29)27-25(33)26-17-10-12-18(13-11-17)28-23(30)20-8-3-4-9-21(20)24(28)31/h3-13,15H,2,14H2,1H3,(H2,26,27,29,33). The molecule has 3 aromatic carbocycles. The van der Waals surface area contributed by atoms with E-state index >= 15 is 0 Å². The quantitative estimate of drug-likeness (QED) is 0.420. The lowest BCUT2D eigenvalue weighted by molar-refractivity contribution is 0.0923. The van der Waals surface area contributed by atoms with Crippen molar-refractivity contribution in [3.05, 3.63) is 89.5 Å². The lowest BCUT2D eigenvalue weighted by Gasteiger charge is -2.15. The molecule has 2 N–H and O–H groups in total. The molecule has 0 saturated heterocycles. The van der Waals surface area contributed by atoms with Gasteiger partial charge in [0.2, 0.25) is 0 Å². The number of benzene rings is 3. The number of rotatable bonds is 6. The van der Waals surface area contributed by atoms with Gasteiger partial charge in [0.1, 0.15) is 5.75 Å². The van der Waals surface area contributed by atoms with Gasteiger partial charge in [-0.05, 0) is 73.2 Å². The second kappa shape index (κ2) is 9.62. The summed E-state index contributed by atoms with van der Waals surface area (Å²) < 4.78 is 5.56. The molecule has 33 heavy (non-hydrogen) atoms. The van der Waals surface area contributed by atoms with Gasteiger partial charge in [0.05, 0.1) is 23.4 Å². The van der Waals surface area contributed by atoms with Crippen LogP contribution in [0.4, 0.5) is 11.4 Å². The van der Waals surface area contributed by atoms with Crippen LogP contribution >= 0.6 is 12.2 Å². The SMILES string of the molecule is CCCOc1cccc(C(=O)NC(=S)Nc2ccc(N3C(=O)c4ccccc4C3=O)cc2)c1. The van der Waals surface area contributed by atoms with Crippen LogP contribution in [0.5, 0.6) is 5.75 Å². The number of imide groups is 1. The molecule has 1 aliphatic heterocycles. The summed E-state index contributed by atoms with van der Waals surface area (Å²) in [5.41, 5.74) is 2.25. The monoisotopic (exact) mass is 459 g/mol. The van der Waals surface area contributed by atoms with E-state index in [4.69, 9.17) is 17.0 Å². The van der Waals surface area contributed by atoms with E-state index in [1.54, 1.807) is 72.8 Å². The van der Waals surface area contributed by atoms with Gasteiger partial charge in [-0.2, -0.15) is 0 Å². The zero-order valence-electron chi connectivity index (χ0n) is 17.8. The Kier molecular flexibility index (Phi) is 6.46. The first-order valence-electron chi connectivity index (χ1n) is 10.4. The molecule has 0 spiro atoms. The Balaban J connectivity index is 1.39. The Bertz CT molecular complexity index is 1210. The second-order valence-corrected chi connectivity index (χ2v) is 7.73. The number of thiocarbonyl (C=S) groups is 1. The first-order chi connectivity index (χ1) is 16.0. The summed E-state index contributed by atoms with van der Waals surface area (Å²) in [6, 6.07) is 20.2. The Morgan fingerprint density at radius 3 is 2.24 bits per heavy atom.